The molecule has 0 saturated heterocycles. The summed E-state index contributed by atoms with van der Waals surface area (Å²) in [6, 6.07) is 16.4. The van der Waals surface area contributed by atoms with Gasteiger partial charge in [0.2, 0.25) is 0 Å². The lowest BCUT2D eigenvalue weighted by atomic mass is 10.2. The van der Waals surface area contributed by atoms with Crippen molar-refractivity contribution in [2.75, 3.05) is 5.32 Å². The molecule has 0 atom stereocenters. The quantitative estimate of drug-likeness (QED) is 0.423. The molecule has 0 aliphatic rings. The Balaban J connectivity index is 1.66. The van der Waals surface area contributed by atoms with E-state index in [-0.39, 0.29) is 18.2 Å². The fraction of sp³-hybridized carbons (Fsp3) is 0.100. The van der Waals surface area contributed by atoms with Gasteiger partial charge in [0.25, 0.3) is 0 Å². The van der Waals surface area contributed by atoms with E-state index in [1.807, 2.05) is 18.2 Å². The Labute approximate surface area is 167 Å². The van der Waals surface area contributed by atoms with Crippen LogP contribution in [0.2, 0.25) is 0 Å². The average molecular weight is 483 g/mol. The summed E-state index contributed by atoms with van der Waals surface area (Å²) in [4.78, 5) is 0. The van der Waals surface area contributed by atoms with Crippen LogP contribution in [0.15, 0.2) is 69.6 Å². The van der Waals surface area contributed by atoms with Gasteiger partial charge in [-0.3, -0.25) is 0 Å². The molecule has 0 amide bonds. The molecule has 0 saturated carbocycles. The number of anilines is 1. The van der Waals surface area contributed by atoms with Gasteiger partial charge < -0.3 is 10.1 Å². The van der Waals surface area contributed by atoms with E-state index in [4.69, 9.17) is 4.74 Å². The molecule has 0 aliphatic heterocycles. The maximum atomic E-state index is 13.2. The second-order valence-corrected chi connectivity index (χ2v) is 7.38. The van der Waals surface area contributed by atoms with Crippen LogP contribution in [-0.4, -0.2) is 0 Å². The SMILES string of the molecule is Fc1ccc(NCc2cc(Br)c(OCc3cccc(F)c3)c(Br)c2)cc1. The maximum absolute atomic E-state index is 13.2. The second kappa shape index (κ2) is 8.64. The number of halogens is 4. The molecule has 0 fully saturated rings. The first-order valence-corrected chi connectivity index (χ1v) is 9.44. The number of ether oxygens (including phenoxy) is 1. The summed E-state index contributed by atoms with van der Waals surface area (Å²) in [6.45, 7) is 0.842. The third kappa shape index (κ3) is 5.05. The molecule has 3 rings (SSSR count). The summed E-state index contributed by atoms with van der Waals surface area (Å²) in [5, 5.41) is 3.24. The summed E-state index contributed by atoms with van der Waals surface area (Å²) in [6.07, 6.45) is 0. The molecule has 6 heteroatoms. The van der Waals surface area contributed by atoms with Gasteiger partial charge >= 0.3 is 0 Å². The largest absolute Gasteiger partial charge is 0.487 e. The molecule has 3 aromatic rings. The van der Waals surface area contributed by atoms with Gasteiger partial charge in [-0.2, -0.15) is 0 Å². The number of nitrogens with one attached hydrogen (secondary N) is 1. The highest BCUT2D eigenvalue weighted by Crippen LogP contribution is 2.35. The zero-order chi connectivity index (χ0) is 18.5. The molecule has 2 nitrogen and oxygen atoms in total. The van der Waals surface area contributed by atoms with Crippen molar-refractivity contribution in [3.63, 3.8) is 0 Å². The fourth-order valence-electron chi connectivity index (χ4n) is 2.41. The number of hydrogen-bond donors (Lipinski definition) is 1. The van der Waals surface area contributed by atoms with Crippen molar-refractivity contribution in [1.29, 1.82) is 0 Å². The third-order valence-electron chi connectivity index (χ3n) is 3.67. The summed E-state index contributed by atoms with van der Waals surface area (Å²) in [5.74, 6) is 0.104. The van der Waals surface area contributed by atoms with Crippen molar-refractivity contribution >= 4 is 37.5 Å². The van der Waals surface area contributed by atoms with Crippen LogP contribution in [0.5, 0.6) is 5.75 Å². The predicted octanol–water partition coefficient (Wildman–Crippen LogP) is 6.68. The van der Waals surface area contributed by atoms with E-state index in [0.29, 0.717) is 12.3 Å². The Morgan fingerprint density at radius 1 is 0.808 bits per heavy atom. The van der Waals surface area contributed by atoms with Gasteiger partial charge in [0.05, 0.1) is 8.95 Å². The molecule has 0 aromatic heterocycles. The molecular formula is C20H15Br2F2NO. The summed E-state index contributed by atoms with van der Waals surface area (Å²) < 4.78 is 33.6. The first kappa shape index (κ1) is 18.9. The fourth-order valence-corrected chi connectivity index (χ4v) is 3.92. The summed E-state index contributed by atoms with van der Waals surface area (Å²) in [7, 11) is 0. The molecule has 0 radical (unpaired) electrons. The predicted molar refractivity (Wildman–Crippen MR) is 106 cm³/mol. The highest BCUT2D eigenvalue weighted by atomic mass is 79.9. The van der Waals surface area contributed by atoms with Gasteiger partial charge in [-0.1, -0.05) is 12.1 Å². The summed E-state index contributed by atoms with van der Waals surface area (Å²) in [5.41, 5.74) is 2.61. The minimum Gasteiger partial charge on any atom is -0.487 e. The highest BCUT2D eigenvalue weighted by molar-refractivity contribution is 9.11. The minimum atomic E-state index is -0.286. The van der Waals surface area contributed by atoms with Gasteiger partial charge in [0.15, 0.2) is 0 Å². The van der Waals surface area contributed by atoms with Crippen LogP contribution in [0.25, 0.3) is 0 Å². The molecule has 134 valence electrons. The lowest BCUT2D eigenvalue weighted by molar-refractivity contribution is 0.301. The molecule has 0 spiro atoms. The smallest absolute Gasteiger partial charge is 0.148 e. The molecule has 26 heavy (non-hydrogen) atoms. The van der Waals surface area contributed by atoms with Crippen LogP contribution in [0, 0.1) is 11.6 Å². The maximum Gasteiger partial charge on any atom is 0.148 e. The van der Waals surface area contributed by atoms with Crippen LogP contribution in [0.3, 0.4) is 0 Å². The van der Waals surface area contributed by atoms with Gasteiger partial charge in [-0.25, -0.2) is 8.78 Å². The number of hydrogen-bond acceptors (Lipinski definition) is 2. The van der Waals surface area contributed by atoms with Gasteiger partial charge in [0, 0.05) is 12.2 Å². The van der Waals surface area contributed by atoms with E-state index >= 15 is 0 Å². The van der Waals surface area contributed by atoms with Crippen molar-refractivity contribution in [1.82, 2.24) is 0 Å². The van der Waals surface area contributed by atoms with Crippen LogP contribution in [0.4, 0.5) is 14.5 Å². The number of benzene rings is 3. The molecule has 0 aliphatic carbocycles. The van der Waals surface area contributed by atoms with E-state index in [2.05, 4.69) is 37.2 Å². The monoisotopic (exact) mass is 481 g/mol. The molecule has 0 bridgehead atoms. The van der Waals surface area contributed by atoms with E-state index in [9.17, 15) is 8.78 Å². The Kier molecular flexibility index (Phi) is 6.27. The zero-order valence-corrected chi connectivity index (χ0v) is 16.8. The van der Waals surface area contributed by atoms with Gasteiger partial charge in [-0.15, -0.1) is 0 Å². The normalized spacial score (nSPS) is 10.6. The van der Waals surface area contributed by atoms with Gasteiger partial charge in [-0.05, 0) is 91.5 Å². The topological polar surface area (TPSA) is 21.3 Å². The molecule has 0 heterocycles. The summed E-state index contributed by atoms with van der Waals surface area (Å²) >= 11 is 7.03. The first-order valence-electron chi connectivity index (χ1n) is 7.86. The standard InChI is InChI=1S/C20H15Br2F2NO/c21-18-9-14(11-25-17-6-4-15(23)5-7-17)10-19(22)20(18)26-12-13-2-1-3-16(24)8-13/h1-10,25H,11-12H2. The lowest BCUT2D eigenvalue weighted by Crippen LogP contribution is -2.01. The Morgan fingerprint density at radius 2 is 1.50 bits per heavy atom. The highest BCUT2D eigenvalue weighted by Gasteiger charge is 2.10. The van der Waals surface area contributed by atoms with Crippen LogP contribution < -0.4 is 10.1 Å². The zero-order valence-electron chi connectivity index (χ0n) is 13.6. The van der Waals surface area contributed by atoms with Crippen molar-refractivity contribution in [2.24, 2.45) is 0 Å². The molecule has 1 N–H and O–H groups in total. The Bertz CT molecular complexity index is 878. The third-order valence-corrected chi connectivity index (χ3v) is 4.85. The van der Waals surface area contributed by atoms with E-state index in [1.165, 1.54) is 24.3 Å². The van der Waals surface area contributed by atoms with E-state index < -0.39 is 0 Å². The van der Waals surface area contributed by atoms with E-state index in [1.54, 1.807) is 18.2 Å². The van der Waals surface area contributed by atoms with Crippen molar-refractivity contribution in [3.05, 3.63) is 92.4 Å². The number of rotatable bonds is 6. The Hall–Kier alpha value is -1.92. The molecule has 0 unspecified atom stereocenters. The average Bonchev–Trinajstić information content (AvgIpc) is 2.60. The van der Waals surface area contributed by atoms with Crippen LogP contribution in [0.1, 0.15) is 11.1 Å². The van der Waals surface area contributed by atoms with Crippen molar-refractivity contribution in [2.45, 2.75) is 13.2 Å². The van der Waals surface area contributed by atoms with Gasteiger partial charge in [0.1, 0.15) is 24.0 Å². The first-order chi connectivity index (χ1) is 12.5. The van der Waals surface area contributed by atoms with Crippen molar-refractivity contribution < 1.29 is 13.5 Å². The molecule has 3 aromatic carbocycles. The Morgan fingerprint density at radius 3 is 2.15 bits per heavy atom. The van der Waals surface area contributed by atoms with Crippen LogP contribution >= 0.6 is 31.9 Å². The minimum absolute atomic E-state index is 0.263. The van der Waals surface area contributed by atoms with Crippen LogP contribution in [-0.2, 0) is 13.2 Å². The lowest BCUT2D eigenvalue weighted by Gasteiger charge is -2.13. The second-order valence-electron chi connectivity index (χ2n) is 5.67. The molecular weight excluding hydrogens is 468 g/mol. The van der Waals surface area contributed by atoms with E-state index in [0.717, 1.165) is 25.8 Å². The van der Waals surface area contributed by atoms with Crippen molar-refractivity contribution in [3.8, 4) is 5.75 Å².